The van der Waals surface area contributed by atoms with E-state index in [0.29, 0.717) is 27.9 Å². The summed E-state index contributed by atoms with van der Waals surface area (Å²) in [5.41, 5.74) is 4.02. The van der Waals surface area contributed by atoms with Crippen LogP contribution in [0.1, 0.15) is 0 Å². The molecule has 0 amide bonds. The van der Waals surface area contributed by atoms with Crippen LogP contribution in [-0.2, 0) is 0 Å². The van der Waals surface area contributed by atoms with Crippen molar-refractivity contribution in [2.75, 3.05) is 0 Å². The van der Waals surface area contributed by atoms with Crippen LogP contribution in [0.15, 0.2) is 87.8 Å². The van der Waals surface area contributed by atoms with Gasteiger partial charge >= 0.3 is 0 Å². The molecule has 2 heterocycles. The van der Waals surface area contributed by atoms with Crippen LogP contribution < -0.4 is 0 Å². The average Bonchev–Trinajstić information content (AvgIpc) is 3.07. The van der Waals surface area contributed by atoms with Gasteiger partial charge in [-0.25, -0.2) is 9.37 Å². The van der Waals surface area contributed by atoms with Gasteiger partial charge in [-0.05, 0) is 18.2 Å². The van der Waals surface area contributed by atoms with Crippen molar-refractivity contribution in [3.63, 3.8) is 0 Å². The van der Waals surface area contributed by atoms with Gasteiger partial charge in [0.1, 0.15) is 16.8 Å². The van der Waals surface area contributed by atoms with Gasteiger partial charge in [0, 0.05) is 21.0 Å². The van der Waals surface area contributed by atoms with Gasteiger partial charge in [-0.2, -0.15) is 0 Å². The van der Waals surface area contributed by atoms with Crippen LogP contribution in [0.5, 0.6) is 0 Å². The highest BCUT2D eigenvalue weighted by Gasteiger charge is 2.23. The second-order valence-electron chi connectivity index (χ2n) is 6.27. The van der Waals surface area contributed by atoms with Crippen LogP contribution in [0.25, 0.3) is 44.5 Å². The fourth-order valence-electron chi connectivity index (χ4n) is 3.38. The van der Waals surface area contributed by atoms with E-state index in [-0.39, 0.29) is 5.82 Å². The van der Waals surface area contributed by atoms with E-state index in [9.17, 15) is 0 Å². The first-order chi connectivity index (χ1) is 13.2. The first-order valence-electron chi connectivity index (χ1n) is 8.55. The van der Waals surface area contributed by atoms with E-state index in [4.69, 9.17) is 4.42 Å². The van der Waals surface area contributed by atoms with Gasteiger partial charge in [-0.1, -0.05) is 76.6 Å². The van der Waals surface area contributed by atoms with Crippen LogP contribution >= 0.6 is 15.9 Å². The normalized spacial score (nSPS) is 11.3. The molecule has 2 nitrogen and oxygen atoms in total. The van der Waals surface area contributed by atoms with Gasteiger partial charge in [0.2, 0.25) is 0 Å². The fourth-order valence-corrected chi connectivity index (χ4v) is 3.87. The van der Waals surface area contributed by atoms with Crippen LogP contribution in [0.4, 0.5) is 4.39 Å². The van der Waals surface area contributed by atoms with Gasteiger partial charge < -0.3 is 4.42 Å². The number of nitrogens with zero attached hydrogens (tertiary/aromatic N) is 1. The third-order valence-corrected chi connectivity index (χ3v) is 5.33. The van der Waals surface area contributed by atoms with Gasteiger partial charge in [0.05, 0.1) is 5.56 Å². The van der Waals surface area contributed by atoms with Crippen molar-refractivity contribution < 1.29 is 8.81 Å². The molecule has 4 heteroatoms. The van der Waals surface area contributed by atoms with Crippen molar-refractivity contribution in [2.45, 2.75) is 0 Å². The largest absolute Gasteiger partial charge is 0.454 e. The monoisotopic (exact) mass is 417 g/mol. The minimum Gasteiger partial charge on any atom is -0.454 e. The fraction of sp³-hybridized carbons (Fsp3) is 0. The van der Waals surface area contributed by atoms with E-state index in [1.165, 1.54) is 0 Å². The van der Waals surface area contributed by atoms with Gasteiger partial charge in [0.25, 0.3) is 0 Å². The number of fused-ring (bicyclic) bond motifs is 3. The Kier molecular flexibility index (Phi) is 3.80. The molecule has 27 heavy (non-hydrogen) atoms. The summed E-state index contributed by atoms with van der Waals surface area (Å²) >= 11 is 3.55. The molecule has 0 bridgehead atoms. The predicted molar refractivity (Wildman–Crippen MR) is 110 cm³/mol. The van der Waals surface area contributed by atoms with Gasteiger partial charge in [-0.3, -0.25) is 0 Å². The molecule has 0 saturated heterocycles. The Labute approximate surface area is 163 Å². The smallest absolute Gasteiger partial charge is 0.164 e. The highest BCUT2D eigenvalue weighted by atomic mass is 79.9. The number of halogens is 2. The number of hydrogen-bond donors (Lipinski definition) is 0. The Bertz CT molecular complexity index is 1290. The minimum absolute atomic E-state index is 0.320. The quantitative estimate of drug-likeness (QED) is 0.303. The van der Waals surface area contributed by atoms with Gasteiger partial charge in [-0.15, -0.1) is 0 Å². The molecule has 2 aromatic heterocycles. The van der Waals surface area contributed by atoms with Crippen LogP contribution in [0, 0.1) is 5.82 Å². The Balaban J connectivity index is 1.97. The SMILES string of the molecule is Fc1c(-c2ccccc2)nc2c(oc3ccccc32)c1-c1ccccc1Br. The zero-order valence-electron chi connectivity index (χ0n) is 14.1. The summed E-state index contributed by atoms with van der Waals surface area (Å²) in [6.07, 6.45) is 0. The molecule has 0 aliphatic heterocycles. The Morgan fingerprint density at radius 2 is 1.52 bits per heavy atom. The number of aromatic nitrogens is 1. The highest BCUT2D eigenvalue weighted by molar-refractivity contribution is 9.10. The van der Waals surface area contributed by atoms with E-state index >= 15 is 4.39 Å². The molecule has 3 aromatic carbocycles. The number of hydrogen-bond acceptors (Lipinski definition) is 2. The maximum Gasteiger partial charge on any atom is 0.164 e. The number of rotatable bonds is 2. The number of benzene rings is 3. The lowest BCUT2D eigenvalue weighted by Crippen LogP contribution is -1.95. The third-order valence-electron chi connectivity index (χ3n) is 4.64. The Hall–Kier alpha value is -2.98. The summed E-state index contributed by atoms with van der Waals surface area (Å²) in [5.74, 6) is -0.389. The molecular formula is C23H13BrFNO. The molecule has 0 aliphatic rings. The molecule has 0 spiro atoms. The zero-order valence-corrected chi connectivity index (χ0v) is 15.7. The highest BCUT2D eigenvalue weighted by Crippen LogP contribution is 2.41. The third kappa shape index (κ3) is 2.56. The van der Waals surface area contributed by atoms with Crippen LogP contribution in [0.3, 0.4) is 0 Å². The molecule has 0 atom stereocenters. The topological polar surface area (TPSA) is 26.0 Å². The lowest BCUT2D eigenvalue weighted by atomic mass is 10.0. The van der Waals surface area contributed by atoms with Crippen molar-refractivity contribution in [1.29, 1.82) is 0 Å². The maximum absolute atomic E-state index is 15.7. The molecule has 0 fully saturated rings. The van der Waals surface area contributed by atoms with E-state index in [2.05, 4.69) is 20.9 Å². The zero-order chi connectivity index (χ0) is 18.4. The molecule has 5 rings (SSSR count). The molecule has 0 unspecified atom stereocenters. The number of para-hydroxylation sites is 1. The summed E-state index contributed by atoms with van der Waals surface area (Å²) in [7, 11) is 0. The lowest BCUT2D eigenvalue weighted by Gasteiger charge is -2.11. The summed E-state index contributed by atoms with van der Waals surface area (Å²) in [5, 5.41) is 0.873. The van der Waals surface area contributed by atoms with Crippen LogP contribution in [0.2, 0.25) is 0 Å². The van der Waals surface area contributed by atoms with E-state index < -0.39 is 0 Å². The first-order valence-corrected chi connectivity index (χ1v) is 9.34. The molecular weight excluding hydrogens is 405 g/mol. The first kappa shape index (κ1) is 16.2. The summed E-state index contributed by atoms with van der Waals surface area (Å²) in [6.45, 7) is 0. The Morgan fingerprint density at radius 1 is 0.815 bits per heavy atom. The second-order valence-corrected chi connectivity index (χ2v) is 7.13. The Morgan fingerprint density at radius 3 is 2.33 bits per heavy atom. The number of pyridine rings is 1. The molecule has 130 valence electrons. The summed E-state index contributed by atoms with van der Waals surface area (Å²) in [6, 6.07) is 24.6. The van der Waals surface area contributed by atoms with Crippen molar-refractivity contribution in [3.05, 3.63) is 89.2 Å². The number of furan rings is 1. The van der Waals surface area contributed by atoms with E-state index in [1.54, 1.807) is 0 Å². The summed E-state index contributed by atoms with van der Waals surface area (Å²) < 4.78 is 22.6. The van der Waals surface area contributed by atoms with Crippen molar-refractivity contribution in [2.24, 2.45) is 0 Å². The van der Waals surface area contributed by atoms with E-state index in [0.717, 1.165) is 21.0 Å². The van der Waals surface area contributed by atoms with Crippen molar-refractivity contribution >= 4 is 38.0 Å². The van der Waals surface area contributed by atoms with Crippen molar-refractivity contribution in [1.82, 2.24) is 4.98 Å². The van der Waals surface area contributed by atoms with Gasteiger partial charge in [0.15, 0.2) is 11.4 Å². The minimum atomic E-state index is -0.389. The molecule has 0 saturated carbocycles. The lowest BCUT2D eigenvalue weighted by molar-refractivity contribution is 0.620. The molecule has 5 aromatic rings. The maximum atomic E-state index is 15.7. The van der Waals surface area contributed by atoms with E-state index in [1.807, 2.05) is 78.9 Å². The molecule has 0 N–H and O–H groups in total. The molecule has 0 radical (unpaired) electrons. The standard InChI is InChI=1S/C23H13BrFNO/c24-17-12-6-4-10-15(17)19-20(25)21(14-8-2-1-3-9-14)26-22-16-11-5-7-13-18(16)27-23(19)22/h1-13H. The summed E-state index contributed by atoms with van der Waals surface area (Å²) in [4.78, 5) is 4.66. The average molecular weight is 418 g/mol. The predicted octanol–water partition coefficient (Wildman–Crippen LogP) is 7.22. The molecule has 0 aliphatic carbocycles. The van der Waals surface area contributed by atoms with Crippen LogP contribution in [-0.4, -0.2) is 4.98 Å². The van der Waals surface area contributed by atoms with Crippen molar-refractivity contribution in [3.8, 4) is 22.4 Å². The second kappa shape index (κ2) is 6.32.